The van der Waals surface area contributed by atoms with E-state index in [9.17, 15) is 0 Å². The van der Waals surface area contributed by atoms with E-state index in [4.69, 9.17) is 11.6 Å². The van der Waals surface area contributed by atoms with E-state index in [2.05, 4.69) is 60.9 Å². The molecule has 0 saturated carbocycles. The van der Waals surface area contributed by atoms with Crippen LogP contribution < -0.4 is 0 Å². The summed E-state index contributed by atoms with van der Waals surface area (Å²) >= 11 is 14.6. The molecule has 0 saturated heterocycles. The number of nitrogens with zero attached hydrogens (tertiary/aromatic N) is 2. The van der Waals surface area contributed by atoms with Gasteiger partial charge in [-0.25, -0.2) is 9.97 Å². The standard InChI is InChI=1S/C13H11Br2ClN2S/c1-2-10-12(15)13(16)18-11(17-10)7-19-9-5-3-8(14)4-6-9/h3-6H,2,7H2,1H3. The van der Waals surface area contributed by atoms with E-state index in [0.29, 0.717) is 10.9 Å². The zero-order valence-electron chi connectivity index (χ0n) is 10.2. The molecule has 0 atom stereocenters. The van der Waals surface area contributed by atoms with Crippen LogP contribution in [0.2, 0.25) is 5.15 Å². The second-order valence-corrected chi connectivity index (χ2v) is 6.90. The highest BCUT2D eigenvalue weighted by Crippen LogP contribution is 2.27. The fourth-order valence-corrected chi connectivity index (χ4v) is 3.17. The van der Waals surface area contributed by atoms with E-state index < -0.39 is 0 Å². The molecule has 0 bridgehead atoms. The average molecular weight is 423 g/mol. The van der Waals surface area contributed by atoms with Gasteiger partial charge in [0.2, 0.25) is 0 Å². The minimum absolute atomic E-state index is 0.484. The van der Waals surface area contributed by atoms with Crippen LogP contribution in [0.3, 0.4) is 0 Å². The molecule has 0 radical (unpaired) electrons. The van der Waals surface area contributed by atoms with Gasteiger partial charge in [0.1, 0.15) is 11.0 Å². The van der Waals surface area contributed by atoms with Crippen molar-refractivity contribution in [3.63, 3.8) is 0 Å². The first-order chi connectivity index (χ1) is 9.10. The van der Waals surface area contributed by atoms with Gasteiger partial charge >= 0.3 is 0 Å². The second kappa shape index (κ2) is 7.07. The van der Waals surface area contributed by atoms with Gasteiger partial charge in [-0.2, -0.15) is 0 Å². The smallest absolute Gasteiger partial charge is 0.147 e. The molecule has 6 heteroatoms. The molecule has 0 aliphatic carbocycles. The lowest BCUT2D eigenvalue weighted by atomic mass is 10.3. The van der Waals surface area contributed by atoms with Crippen LogP contribution in [0.25, 0.3) is 0 Å². The minimum Gasteiger partial charge on any atom is -0.236 e. The lowest BCUT2D eigenvalue weighted by Crippen LogP contribution is -1.99. The molecule has 2 rings (SSSR count). The zero-order valence-corrected chi connectivity index (χ0v) is 14.9. The molecular weight excluding hydrogens is 411 g/mol. The van der Waals surface area contributed by atoms with Crippen molar-refractivity contribution in [3.8, 4) is 0 Å². The lowest BCUT2D eigenvalue weighted by molar-refractivity contribution is 0.928. The minimum atomic E-state index is 0.484. The molecule has 1 aromatic carbocycles. The third-order valence-corrected chi connectivity index (χ3v) is 5.31. The predicted octanol–water partition coefficient (Wildman–Crippen LogP) is 5.51. The van der Waals surface area contributed by atoms with Crippen molar-refractivity contribution in [1.29, 1.82) is 0 Å². The summed E-state index contributed by atoms with van der Waals surface area (Å²) in [5.74, 6) is 1.47. The molecule has 0 fully saturated rings. The molecule has 0 aliphatic rings. The molecule has 0 unspecified atom stereocenters. The summed E-state index contributed by atoms with van der Waals surface area (Å²) in [5.41, 5.74) is 0.950. The summed E-state index contributed by atoms with van der Waals surface area (Å²) in [6.07, 6.45) is 0.832. The van der Waals surface area contributed by atoms with Crippen LogP contribution in [0.4, 0.5) is 0 Å². The maximum atomic E-state index is 6.09. The molecule has 0 N–H and O–H groups in total. The summed E-state index contributed by atoms with van der Waals surface area (Å²) in [6, 6.07) is 8.18. The Morgan fingerprint density at radius 3 is 2.47 bits per heavy atom. The van der Waals surface area contributed by atoms with Crippen molar-refractivity contribution >= 4 is 55.2 Å². The Labute approximate surface area is 138 Å². The fraction of sp³-hybridized carbons (Fsp3) is 0.231. The van der Waals surface area contributed by atoms with Gasteiger partial charge < -0.3 is 0 Å². The van der Waals surface area contributed by atoms with Crippen LogP contribution in [0.5, 0.6) is 0 Å². The Kier molecular flexibility index (Phi) is 5.69. The Morgan fingerprint density at radius 1 is 1.16 bits per heavy atom. The maximum Gasteiger partial charge on any atom is 0.147 e. The third kappa shape index (κ3) is 4.18. The van der Waals surface area contributed by atoms with Crippen molar-refractivity contribution in [1.82, 2.24) is 9.97 Å². The quantitative estimate of drug-likeness (QED) is 0.480. The van der Waals surface area contributed by atoms with Gasteiger partial charge in [0.15, 0.2) is 0 Å². The SMILES string of the molecule is CCc1nc(CSc2ccc(Br)cc2)nc(Cl)c1Br. The van der Waals surface area contributed by atoms with Crippen LogP contribution in [-0.4, -0.2) is 9.97 Å². The number of benzene rings is 1. The highest BCUT2D eigenvalue weighted by molar-refractivity contribution is 9.10. The van der Waals surface area contributed by atoms with Crippen molar-refractivity contribution in [2.75, 3.05) is 0 Å². The van der Waals surface area contributed by atoms with Crippen molar-refractivity contribution < 1.29 is 0 Å². The number of hydrogen-bond acceptors (Lipinski definition) is 3. The van der Waals surface area contributed by atoms with Gasteiger partial charge in [-0.1, -0.05) is 34.5 Å². The molecule has 0 amide bonds. The van der Waals surface area contributed by atoms with Crippen LogP contribution >= 0.6 is 55.2 Å². The molecule has 0 spiro atoms. The molecule has 2 nitrogen and oxygen atoms in total. The third-order valence-electron chi connectivity index (χ3n) is 2.44. The molecule has 1 aromatic heterocycles. The summed E-state index contributed by atoms with van der Waals surface area (Å²) < 4.78 is 1.88. The van der Waals surface area contributed by atoms with Gasteiger partial charge in [0.05, 0.1) is 15.9 Å². The molecule has 0 aliphatic heterocycles. The van der Waals surface area contributed by atoms with Gasteiger partial charge in [0, 0.05) is 9.37 Å². The number of thioether (sulfide) groups is 1. The highest BCUT2D eigenvalue weighted by atomic mass is 79.9. The van der Waals surface area contributed by atoms with Crippen LogP contribution in [0.1, 0.15) is 18.4 Å². The van der Waals surface area contributed by atoms with Crippen molar-refractivity contribution in [3.05, 3.63) is 49.9 Å². The summed E-state index contributed by atoms with van der Waals surface area (Å²) in [7, 11) is 0. The molecule has 1 heterocycles. The molecular formula is C13H11Br2ClN2S. The zero-order chi connectivity index (χ0) is 13.8. The van der Waals surface area contributed by atoms with Gasteiger partial charge in [0.25, 0.3) is 0 Å². The summed E-state index contributed by atoms with van der Waals surface area (Å²) in [5, 5.41) is 0.484. The second-order valence-electron chi connectivity index (χ2n) is 3.79. The van der Waals surface area contributed by atoms with E-state index in [-0.39, 0.29) is 0 Å². The first kappa shape index (κ1) is 15.3. The Morgan fingerprint density at radius 2 is 1.84 bits per heavy atom. The van der Waals surface area contributed by atoms with Crippen molar-refractivity contribution in [2.45, 2.75) is 24.0 Å². The monoisotopic (exact) mass is 420 g/mol. The predicted molar refractivity (Wildman–Crippen MR) is 87.8 cm³/mol. The summed E-state index contributed by atoms with van der Waals surface area (Å²) in [4.78, 5) is 9.99. The highest BCUT2D eigenvalue weighted by Gasteiger charge is 2.09. The first-order valence-electron chi connectivity index (χ1n) is 5.69. The van der Waals surface area contributed by atoms with E-state index in [0.717, 1.165) is 26.9 Å². The first-order valence-corrected chi connectivity index (χ1v) is 8.64. The van der Waals surface area contributed by atoms with E-state index in [1.165, 1.54) is 4.90 Å². The van der Waals surface area contributed by atoms with Crippen LogP contribution in [0.15, 0.2) is 38.1 Å². The van der Waals surface area contributed by atoms with Crippen LogP contribution in [-0.2, 0) is 12.2 Å². The van der Waals surface area contributed by atoms with E-state index in [1.54, 1.807) is 11.8 Å². The van der Waals surface area contributed by atoms with Gasteiger partial charge in [-0.3, -0.25) is 0 Å². The Balaban J connectivity index is 2.11. The van der Waals surface area contributed by atoms with Crippen molar-refractivity contribution in [2.24, 2.45) is 0 Å². The average Bonchev–Trinajstić information content (AvgIpc) is 2.41. The number of aryl methyl sites for hydroxylation is 1. The maximum absolute atomic E-state index is 6.09. The lowest BCUT2D eigenvalue weighted by Gasteiger charge is -2.06. The Bertz CT molecular complexity index is 576. The number of aromatic nitrogens is 2. The molecule has 19 heavy (non-hydrogen) atoms. The number of rotatable bonds is 4. The summed E-state index contributed by atoms with van der Waals surface area (Å²) in [6.45, 7) is 2.05. The van der Waals surface area contributed by atoms with E-state index in [1.807, 2.05) is 12.1 Å². The number of halogens is 3. The molecule has 2 aromatic rings. The molecule has 100 valence electrons. The van der Waals surface area contributed by atoms with Gasteiger partial charge in [-0.05, 0) is 46.6 Å². The largest absolute Gasteiger partial charge is 0.236 e. The Hall–Kier alpha value is -0.100. The topological polar surface area (TPSA) is 25.8 Å². The fourth-order valence-electron chi connectivity index (χ4n) is 1.49. The number of hydrogen-bond donors (Lipinski definition) is 0. The van der Waals surface area contributed by atoms with Gasteiger partial charge in [-0.15, -0.1) is 11.8 Å². The normalized spacial score (nSPS) is 10.7. The van der Waals surface area contributed by atoms with Crippen LogP contribution in [0, 0.1) is 0 Å². The van der Waals surface area contributed by atoms with E-state index >= 15 is 0 Å².